The van der Waals surface area contributed by atoms with Gasteiger partial charge in [-0.3, -0.25) is 4.90 Å². The molecule has 2 aromatic carbocycles. The van der Waals surface area contributed by atoms with Gasteiger partial charge in [0.15, 0.2) is 5.82 Å². The molecule has 1 aromatic heterocycles. The van der Waals surface area contributed by atoms with Crippen LogP contribution in [0.2, 0.25) is 5.02 Å². The number of benzene rings is 2. The third kappa shape index (κ3) is 4.09. The lowest BCUT2D eigenvalue weighted by Gasteiger charge is -2.25. The van der Waals surface area contributed by atoms with E-state index in [2.05, 4.69) is 22.3 Å². The third-order valence-electron chi connectivity index (χ3n) is 4.93. The predicted molar refractivity (Wildman–Crippen MR) is 112 cm³/mol. The van der Waals surface area contributed by atoms with Gasteiger partial charge in [-0.2, -0.15) is 4.80 Å². The van der Waals surface area contributed by atoms with Crippen molar-refractivity contribution >= 4 is 23.4 Å². The van der Waals surface area contributed by atoms with Crippen molar-refractivity contribution in [2.75, 3.05) is 12.0 Å². The number of hydrogen-bond acceptors (Lipinski definition) is 6. The summed E-state index contributed by atoms with van der Waals surface area (Å²) < 4.78 is 11.1. The van der Waals surface area contributed by atoms with Gasteiger partial charge in [-0.25, -0.2) is 4.79 Å². The van der Waals surface area contributed by atoms with Gasteiger partial charge in [0.05, 0.1) is 7.11 Å². The number of carbonyl (C=O) groups excluding carboxylic acids is 1. The monoisotopic (exact) mass is 427 g/mol. The zero-order chi connectivity index (χ0) is 21.1. The molecule has 1 aliphatic rings. The molecular weight excluding hydrogens is 406 g/mol. The van der Waals surface area contributed by atoms with Crippen molar-refractivity contribution in [3.05, 3.63) is 64.9 Å². The number of rotatable bonds is 7. The molecule has 4 rings (SSSR count). The molecular formula is C21H22ClN5O3. The quantitative estimate of drug-likeness (QED) is 0.565. The summed E-state index contributed by atoms with van der Waals surface area (Å²) in [6.45, 7) is 2.34. The minimum Gasteiger partial charge on any atom is -0.497 e. The summed E-state index contributed by atoms with van der Waals surface area (Å²) in [7, 11) is 1.61. The van der Waals surface area contributed by atoms with Crippen LogP contribution in [0.5, 0.6) is 5.75 Å². The lowest BCUT2D eigenvalue weighted by atomic mass is 9.99. The van der Waals surface area contributed by atoms with Gasteiger partial charge in [0, 0.05) is 17.1 Å². The Morgan fingerprint density at radius 2 is 2.00 bits per heavy atom. The molecule has 0 radical (unpaired) electrons. The molecule has 0 saturated carbocycles. The first-order valence-electron chi connectivity index (χ1n) is 9.75. The molecule has 1 saturated heterocycles. The van der Waals surface area contributed by atoms with E-state index in [0.717, 1.165) is 18.4 Å². The highest BCUT2D eigenvalue weighted by atomic mass is 35.5. The second kappa shape index (κ2) is 8.71. The van der Waals surface area contributed by atoms with Crippen LogP contribution in [0.3, 0.4) is 0 Å². The van der Waals surface area contributed by atoms with Gasteiger partial charge in [-0.05, 0) is 53.6 Å². The third-order valence-corrected chi connectivity index (χ3v) is 5.18. The number of ether oxygens (including phenoxy) is 2. The number of methoxy groups -OCH3 is 1. The van der Waals surface area contributed by atoms with Crippen molar-refractivity contribution in [1.82, 2.24) is 20.2 Å². The molecule has 9 heteroatoms. The fourth-order valence-corrected chi connectivity index (χ4v) is 3.69. The maximum absolute atomic E-state index is 12.9. The summed E-state index contributed by atoms with van der Waals surface area (Å²) >= 11 is 6.03. The second-order valence-electron chi connectivity index (χ2n) is 7.00. The standard InChI is InChI=1S/C21H22ClN5O3/c1-3-5-19-23-25-26(24-19)13-18-20(14-6-4-7-17(12-14)29-2)27(21(28)30-18)16-10-8-15(22)9-11-16/h4,6-12,18,20H,3,5,13H2,1-2H3/t18-,20-/m0/s1. The number of tetrazole rings is 1. The van der Waals surface area contributed by atoms with E-state index < -0.39 is 18.2 Å². The van der Waals surface area contributed by atoms with Gasteiger partial charge in [-0.1, -0.05) is 30.7 Å². The molecule has 0 spiro atoms. The summed E-state index contributed by atoms with van der Waals surface area (Å²) in [6, 6.07) is 14.3. The lowest BCUT2D eigenvalue weighted by Crippen LogP contribution is -2.31. The molecule has 1 amide bonds. The Hall–Kier alpha value is -3.13. The van der Waals surface area contributed by atoms with Crippen molar-refractivity contribution < 1.29 is 14.3 Å². The van der Waals surface area contributed by atoms with Gasteiger partial charge in [0.1, 0.15) is 24.4 Å². The van der Waals surface area contributed by atoms with E-state index >= 15 is 0 Å². The van der Waals surface area contributed by atoms with Crippen LogP contribution in [-0.2, 0) is 17.7 Å². The van der Waals surface area contributed by atoms with E-state index in [4.69, 9.17) is 21.1 Å². The summed E-state index contributed by atoms with van der Waals surface area (Å²) in [4.78, 5) is 16.0. The average Bonchev–Trinajstić information content (AvgIpc) is 3.33. The molecule has 8 nitrogen and oxygen atoms in total. The minimum atomic E-state index is -0.510. The number of carbonyl (C=O) groups is 1. The number of anilines is 1. The van der Waals surface area contributed by atoms with Crippen molar-refractivity contribution in [1.29, 1.82) is 0 Å². The molecule has 3 aromatic rings. The van der Waals surface area contributed by atoms with E-state index in [9.17, 15) is 4.79 Å². The maximum Gasteiger partial charge on any atom is 0.415 e. The largest absolute Gasteiger partial charge is 0.497 e. The Morgan fingerprint density at radius 1 is 1.20 bits per heavy atom. The molecule has 2 heterocycles. The van der Waals surface area contributed by atoms with E-state index in [0.29, 0.717) is 22.3 Å². The van der Waals surface area contributed by atoms with Crippen LogP contribution in [-0.4, -0.2) is 39.5 Å². The van der Waals surface area contributed by atoms with Crippen LogP contribution < -0.4 is 9.64 Å². The van der Waals surface area contributed by atoms with Gasteiger partial charge >= 0.3 is 6.09 Å². The molecule has 0 bridgehead atoms. The Labute approximate surface area is 179 Å². The van der Waals surface area contributed by atoms with E-state index in [1.54, 1.807) is 36.3 Å². The number of hydrogen-bond donors (Lipinski definition) is 0. The highest BCUT2D eigenvalue weighted by Crippen LogP contribution is 2.39. The van der Waals surface area contributed by atoms with Crippen LogP contribution >= 0.6 is 11.6 Å². The summed E-state index contributed by atoms with van der Waals surface area (Å²) in [5.74, 6) is 1.38. The highest BCUT2D eigenvalue weighted by molar-refractivity contribution is 6.30. The number of aryl methyl sites for hydroxylation is 1. The normalized spacial score (nSPS) is 18.5. The zero-order valence-corrected chi connectivity index (χ0v) is 17.5. The summed E-state index contributed by atoms with van der Waals surface area (Å²) in [6.07, 6.45) is 0.731. The van der Waals surface area contributed by atoms with Crippen LogP contribution in [0.1, 0.15) is 30.8 Å². The summed E-state index contributed by atoms with van der Waals surface area (Å²) in [5.41, 5.74) is 1.58. The Morgan fingerprint density at radius 3 is 2.73 bits per heavy atom. The number of halogens is 1. The predicted octanol–water partition coefficient (Wildman–Crippen LogP) is 4.05. The topological polar surface area (TPSA) is 82.4 Å². The van der Waals surface area contributed by atoms with E-state index in [1.807, 2.05) is 24.3 Å². The first kappa shape index (κ1) is 20.2. The van der Waals surface area contributed by atoms with Crippen molar-refractivity contribution in [2.45, 2.75) is 38.5 Å². The van der Waals surface area contributed by atoms with Crippen LogP contribution in [0.4, 0.5) is 10.5 Å². The van der Waals surface area contributed by atoms with Crippen molar-refractivity contribution in [3.8, 4) is 5.75 Å². The lowest BCUT2D eigenvalue weighted by molar-refractivity contribution is 0.114. The van der Waals surface area contributed by atoms with Gasteiger partial charge in [-0.15, -0.1) is 10.2 Å². The summed E-state index contributed by atoms with van der Waals surface area (Å²) in [5, 5.41) is 13.2. The Kier molecular flexibility index (Phi) is 5.85. The van der Waals surface area contributed by atoms with Crippen LogP contribution in [0.15, 0.2) is 48.5 Å². The zero-order valence-electron chi connectivity index (χ0n) is 16.7. The first-order valence-corrected chi connectivity index (χ1v) is 10.1. The molecule has 1 aliphatic heterocycles. The maximum atomic E-state index is 12.9. The Bertz CT molecular complexity index is 1020. The fraction of sp³-hybridized carbons (Fsp3) is 0.333. The van der Waals surface area contributed by atoms with Gasteiger partial charge < -0.3 is 9.47 Å². The second-order valence-corrected chi connectivity index (χ2v) is 7.44. The van der Waals surface area contributed by atoms with E-state index in [-0.39, 0.29) is 6.54 Å². The number of aromatic nitrogens is 4. The van der Waals surface area contributed by atoms with Gasteiger partial charge in [0.25, 0.3) is 0 Å². The molecule has 1 fully saturated rings. The van der Waals surface area contributed by atoms with E-state index in [1.165, 1.54) is 4.80 Å². The number of nitrogens with zero attached hydrogens (tertiary/aromatic N) is 5. The molecule has 2 atom stereocenters. The molecule has 30 heavy (non-hydrogen) atoms. The van der Waals surface area contributed by atoms with Crippen molar-refractivity contribution in [3.63, 3.8) is 0 Å². The molecule has 0 unspecified atom stereocenters. The number of amides is 1. The minimum absolute atomic E-state index is 0.286. The molecule has 156 valence electrons. The van der Waals surface area contributed by atoms with Gasteiger partial charge in [0.2, 0.25) is 0 Å². The number of cyclic esters (lactones) is 1. The first-order chi connectivity index (χ1) is 14.6. The highest BCUT2D eigenvalue weighted by Gasteiger charge is 2.44. The Balaban J connectivity index is 1.70. The van der Waals surface area contributed by atoms with Crippen molar-refractivity contribution in [2.24, 2.45) is 0 Å². The molecule has 0 aliphatic carbocycles. The van der Waals surface area contributed by atoms with Crippen LogP contribution in [0, 0.1) is 0 Å². The average molecular weight is 428 g/mol. The fourth-order valence-electron chi connectivity index (χ4n) is 3.56. The molecule has 0 N–H and O–H groups in total. The smallest absolute Gasteiger partial charge is 0.415 e. The SMILES string of the molecule is CCCc1nnn(C[C@@H]2OC(=O)N(c3ccc(Cl)cc3)[C@H]2c2cccc(OC)c2)n1. The van der Waals surface area contributed by atoms with Crippen LogP contribution in [0.25, 0.3) is 0 Å².